The van der Waals surface area contributed by atoms with Crippen LogP contribution in [-0.4, -0.2) is 47.1 Å². The van der Waals surface area contributed by atoms with Gasteiger partial charge in [-0.3, -0.25) is 9.69 Å². The van der Waals surface area contributed by atoms with E-state index in [1.807, 2.05) is 31.2 Å². The fourth-order valence-corrected chi connectivity index (χ4v) is 5.01. The van der Waals surface area contributed by atoms with Crippen LogP contribution in [0.3, 0.4) is 0 Å². The highest BCUT2D eigenvalue weighted by Crippen LogP contribution is 2.50. The Kier molecular flexibility index (Phi) is 6.26. The zero-order chi connectivity index (χ0) is 21.4. The van der Waals surface area contributed by atoms with E-state index >= 15 is 0 Å². The molecule has 0 spiro atoms. The van der Waals surface area contributed by atoms with E-state index in [9.17, 15) is 4.79 Å². The van der Waals surface area contributed by atoms with Gasteiger partial charge in [0, 0.05) is 30.1 Å². The maximum Gasteiger partial charge on any atom is 0.190 e. The first-order chi connectivity index (χ1) is 13.5. The van der Waals surface area contributed by atoms with E-state index in [1.165, 1.54) is 0 Å². The van der Waals surface area contributed by atoms with E-state index in [0.29, 0.717) is 18.7 Å². The first-order valence-electron chi connectivity index (χ1n) is 11.0. The third-order valence-electron chi connectivity index (χ3n) is 6.50. The molecule has 29 heavy (non-hydrogen) atoms. The Balaban J connectivity index is 1.67. The molecular weight excluding hydrogens is 362 g/mol. The first-order valence-corrected chi connectivity index (χ1v) is 11.0. The molecule has 0 radical (unpaired) electrons. The van der Waals surface area contributed by atoms with Crippen LogP contribution >= 0.6 is 0 Å². The third kappa shape index (κ3) is 4.59. The zero-order valence-electron chi connectivity index (χ0n) is 19.1. The minimum absolute atomic E-state index is 0.149. The summed E-state index contributed by atoms with van der Waals surface area (Å²) in [6.45, 7) is 16.6. The summed E-state index contributed by atoms with van der Waals surface area (Å²) in [5.41, 5.74) is 0.979. The number of fused-ring (bicyclic) bond motifs is 3. The van der Waals surface area contributed by atoms with Crippen LogP contribution in [0.5, 0.6) is 5.75 Å². The molecule has 3 aliphatic rings. The molecule has 3 fully saturated rings. The number of hydrogen-bond acceptors (Lipinski definition) is 4. The van der Waals surface area contributed by atoms with Gasteiger partial charge in [0.05, 0.1) is 5.60 Å². The van der Waals surface area contributed by atoms with Crippen LogP contribution in [0.4, 0.5) is 0 Å². The molecule has 1 aromatic carbocycles. The van der Waals surface area contributed by atoms with Crippen molar-refractivity contribution in [1.29, 1.82) is 0 Å². The number of hydrogen-bond donors (Lipinski definition) is 0. The fraction of sp³-hybridized carbons (Fsp3) is 0.640. The van der Waals surface area contributed by atoms with E-state index in [0.717, 1.165) is 36.3 Å². The lowest BCUT2D eigenvalue weighted by molar-refractivity contribution is -0.206. The normalized spacial score (nSPS) is 27.4. The van der Waals surface area contributed by atoms with Gasteiger partial charge in [0.2, 0.25) is 0 Å². The Morgan fingerprint density at radius 1 is 1.14 bits per heavy atom. The summed E-state index contributed by atoms with van der Waals surface area (Å²) in [7, 11) is 0. The molecule has 2 atom stereocenters. The summed E-state index contributed by atoms with van der Waals surface area (Å²) in [4.78, 5) is 15.4. The molecular formula is C25H37NO3. The molecule has 160 valence electrons. The van der Waals surface area contributed by atoms with Crippen LogP contribution in [0.1, 0.15) is 66.9 Å². The third-order valence-corrected chi connectivity index (χ3v) is 6.50. The van der Waals surface area contributed by atoms with Crippen molar-refractivity contribution in [1.82, 2.24) is 4.90 Å². The highest BCUT2D eigenvalue weighted by atomic mass is 16.5. The van der Waals surface area contributed by atoms with Crippen molar-refractivity contribution in [2.24, 2.45) is 5.92 Å². The van der Waals surface area contributed by atoms with Gasteiger partial charge in [-0.15, -0.1) is 0 Å². The van der Waals surface area contributed by atoms with E-state index < -0.39 is 5.60 Å². The molecule has 1 saturated carbocycles. The number of nitrogens with zero attached hydrogens (tertiary/aromatic N) is 1. The van der Waals surface area contributed by atoms with Crippen LogP contribution in [0, 0.1) is 5.92 Å². The molecule has 2 aliphatic heterocycles. The van der Waals surface area contributed by atoms with Gasteiger partial charge >= 0.3 is 0 Å². The molecule has 2 bridgehead atoms. The Morgan fingerprint density at radius 2 is 1.76 bits per heavy atom. The number of ether oxygens (including phenoxy) is 2. The topological polar surface area (TPSA) is 38.8 Å². The molecule has 0 amide bonds. The van der Waals surface area contributed by atoms with E-state index in [-0.39, 0.29) is 17.3 Å². The Morgan fingerprint density at radius 3 is 2.31 bits per heavy atom. The predicted octanol–water partition coefficient (Wildman–Crippen LogP) is 5.11. The monoisotopic (exact) mass is 399 g/mol. The average Bonchev–Trinajstić information content (AvgIpc) is 2.62. The highest BCUT2D eigenvalue weighted by molar-refractivity contribution is 6.07. The highest BCUT2D eigenvalue weighted by Gasteiger charge is 2.56. The van der Waals surface area contributed by atoms with Crippen molar-refractivity contribution in [2.75, 3.05) is 13.2 Å². The summed E-state index contributed by atoms with van der Waals surface area (Å²) < 4.78 is 12.1. The number of Topliss-reactive ketones (excluding diaryl/α,β-unsaturated/α-hetero) is 1. The molecule has 0 N–H and O–H groups in total. The molecule has 2 saturated heterocycles. The van der Waals surface area contributed by atoms with E-state index in [2.05, 4.69) is 52.5 Å². The van der Waals surface area contributed by atoms with Gasteiger partial charge in [0.25, 0.3) is 0 Å². The Bertz CT molecular complexity index is 755. The zero-order valence-corrected chi connectivity index (χ0v) is 19.1. The van der Waals surface area contributed by atoms with Gasteiger partial charge < -0.3 is 9.47 Å². The van der Waals surface area contributed by atoms with Gasteiger partial charge in [0.15, 0.2) is 5.78 Å². The average molecular weight is 400 g/mol. The van der Waals surface area contributed by atoms with Crippen molar-refractivity contribution >= 4 is 11.9 Å². The molecule has 2 heterocycles. The summed E-state index contributed by atoms with van der Waals surface area (Å²) in [5.74, 6) is 1.17. The first kappa shape index (κ1) is 22.0. The minimum atomic E-state index is -0.675. The standard InChI is InChI=1S/C25H37NO3/c1-17(2)26(18(3)4)14-15-28-20-10-8-19(9-11-20)16-21-22-12-13-25(7,23(21)27)29-24(22,5)6/h8-11,16-18,22H,12-15H2,1-7H3/b21-16-. The molecule has 1 aromatic rings. The van der Waals surface area contributed by atoms with Crippen molar-refractivity contribution in [3.05, 3.63) is 35.4 Å². The summed E-state index contributed by atoms with van der Waals surface area (Å²) in [6, 6.07) is 9.08. The molecule has 1 aliphatic carbocycles. The van der Waals surface area contributed by atoms with Gasteiger partial charge in [-0.2, -0.15) is 0 Å². The number of rotatable bonds is 7. The number of carbonyl (C=O) groups is 1. The van der Waals surface area contributed by atoms with Gasteiger partial charge in [-0.05, 0) is 85.1 Å². The van der Waals surface area contributed by atoms with Gasteiger partial charge in [-0.1, -0.05) is 12.1 Å². The van der Waals surface area contributed by atoms with Gasteiger partial charge in [-0.25, -0.2) is 0 Å². The molecule has 4 heteroatoms. The van der Waals surface area contributed by atoms with Crippen molar-refractivity contribution in [3.63, 3.8) is 0 Å². The second-order valence-electron chi connectivity index (χ2n) is 9.80. The van der Waals surface area contributed by atoms with Crippen LogP contribution in [0.15, 0.2) is 29.8 Å². The Labute approximate surface area is 176 Å². The number of carbonyl (C=O) groups excluding carboxylic acids is 1. The largest absolute Gasteiger partial charge is 0.492 e. The predicted molar refractivity (Wildman–Crippen MR) is 118 cm³/mol. The molecule has 4 rings (SSSR count). The lowest BCUT2D eigenvalue weighted by atomic mass is 9.65. The smallest absolute Gasteiger partial charge is 0.190 e. The molecule has 2 unspecified atom stereocenters. The van der Waals surface area contributed by atoms with E-state index in [1.54, 1.807) is 0 Å². The van der Waals surface area contributed by atoms with Crippen molar-refractivity contribution in [2.45, 2.75) is 84.6 Å². The Hall–Kier alpha value is -1.65. The van der Waals surface area contributed by atoms with Gasteiger partial charge in [0.1, 0.15) is 18.0 Å². The SMILES string of the molecule is CC(C)N(CCOc1ccc(/C=C2\C(=O)C3(C)CCC2C(C)(C)O3)cc1)C(C)C. The minimum Gasteiger partial charge on any atom is -0.492 e. The number of ketones is 1. The quantitative estimate of drug-likeness (QED) is 0.597. The molecule has 0 aromatic heterocycles. The van der Waals surface area contributed by atoms with Crippen LogP contribution < -0.4 is 4.74 Å². The summed E-state index contributed by atoms with van der Waals surface area (Å²) >= 11 is 0. The molecule has 4 nitrogen and oxygen atoms in total. The fourth-order valence-electron chi connectivity index (χ4n) is 5.01. The van der Waals surface area contributed by atoms with Crippen molar-refractivity contribution < 1.29 is 14.3 Å². The maximum absolute atomic E-state index is 13.0. The number of benzene rings is 1. The second-order valence-corrected chi connectivity index (χ2v) is 9.80. The lowest BCUT2D eigenvalue weighted by Crippen LogP contribution is -2.60. The second kappa shape index (κ2) is 8.23. The van der Waals surface area contributed by atoms with Crippen LogP contribution in [-0.2, 0) is 9.53 Å². The van der Waals surface area contributed by atoms with Crippen LogP contribution in [0.2, 0.25) is 0 Å². The summed E-state index contributed by atoms with van der Waals surface area (Å²) in [5, 5.41) is 0. The van der Waals surface area contributed by atoms with Crippen LogP contribution in [0.25, 0.3) is 6.08 Å². The maximum atomic E-state index is 13.0. The van der Waals surface area contributed by atoms with E-state index in [4.69, 9.17) is 9.47 Å². The van der Waals surface area contributed by atoms with Crippen molar-refractivity contribution in [3.8, 4) is 5.75 Å². The summed E-state index contributed by atoms with van der Waals surface area (Å²) in [6.07, 6.45) is 3.87. The lowest BCUT2D eigenvalue weighted by Gasteiger charge is -2.53.